The summed E-state index contributed by atoms with van der Waals surface area (Å²) >= 11 is 7.71. The second kappa shape index (κ2) is 6.92. The number of aryl methyl sites for hydroxylation is 1. The van der Waals surface area contributed by atoms with E-state index < -0.39 is 6.04 Å². The number of aromatic amines is 1. The van der Waals surface area contributed by atoms with Crippen LogP contribution in [0, 0.1) is 6.92 Å². The summed E-state index contributed by atoms with van der Waals surface area (Å²) in [5.74, 6) is 0.999. The number of halogens is 1. The molecular weight excluding hydrogens is 358 g/mol. The molecule has 134 valence electrons. The minimum absolute atomic E-state index is 0.0105. The molecule has 3 rings (SSSR count). The van der Waals surface area contributed by atoms with Gasteiger partial charge in [0, 0.05) is 34.8 Å². The summed E-state index contributed by atoms with van der Waals surface area (Å²) < 4.78 is 0. The van der Waals surface area contributed by atoms with Gasteiger partial charge in [0.05, 0.1) is 5.88 Å². The number of likely N-dealkylation sites (N-methyl/N-ethyl adjacent to an activating group) is 1. The van der Waals surface area contributed by atoms with Gasteiger partial charge in [0.2, 0.25) is 5.91 Å². The third-order valence-corrected chi connectivity index (χ3v) is 5.92. The van der Waals surface area contributed by atoms with Crippen LogP contribution >= 0.6 is 23.4 Å². The molecular formula is C18H22ClN3O2S. The van der Waals surface area contributed by atoms with E-state index in [1.54, 1.807) is 28.6 Å². The van der Waals surface area contributed by atoms with E-state index in [0.29, 0.717) is 22.3 Å². The summed E-state index contributed by atoms with van der Waals surface area (Å²) in [7, 11) is 1.78. The molecule has 5 nitrogen and oxygen atoms in total. The Kier molecular flexibility index (Phi) is 5.02. The van der Waals surface area contributed by atoms with Gasteiger partial charge in [-0.05, 0) is 44.5 Å². The zero-order valence-electron chi connectivity index (χ0n) is 14.8. The van der Waals surface area contributed by atoms with E-state index in [1.807, 2.05) is 39.0 Å². The fourth-order valence-electron chi connectivity index (χ4n) is 2.98. The summed E-state index contributed by atoms with van der Waals surface area (Å²) in [4.78, 5) is 32.2. The van der Waals surface area contributed by atoms with Gasteiger partial charge in [-0.1, -0.05) is 11.6 Å². The molecule has 2 amide bonds. The molecule has 7 heteroatoms. The Balaban J connectivity index is 1.89. The molecule has 2 heterocycles. The number of thioether (sulfide) groups is 1. The maximum absolute atomic E-state index is 13.0. The van der Waals surface area contributed by atoms with Gasteiger partial charge in [0.25, 0.3) is 5.91 Å². The van der Waals surface area contributed by atoms with E-state index in [9.17, 15) is 9.59 Å². The number of fused-ring (bicyclic) bond motifs is 1. The zero-order chi connectivity index (χ0) is 18.3. The SMILES string of the molecule is Cc1cc(Cl)cc2[nH]c(C(=O)N3CSCC3C(=O)N(C)C(C)C)cc12. The molecule has 1 N–H and O–H groups in total. The minimum atomic E-state index is -0.416. The number of rotatable bonds is 3. The average molecular weight is 380 g/mol. The third kappa shape index (κ3) is 3.37. The Morgan fingerprint density at radius 3 is 2.76 bits per heavy atom. The first kappa shape index (κ1) is 18.1. The van der Waals surface area contributed by atoms with Crippen molar-refractivity contribution >= 4 is 46.1 Å². The molecule has 1 unspecified atom stereocenters. The normalized spacial score (nSPS) is 17.5. The average Bonchev–Trinajstić information content (AvgIpc) is 3.19. The van der Waals surface area contributed by atoms with Crippen LogP contribution in [0.15, 0.2) is 18.2 Å². The van der Waals surface area contributed by atoms with Gasteiger partial charge in [-0.15, -0.1) is 11.8 Å². The molecule has 1 saturated heterocycles. The lowest BCUT2D eigenvalue weighted by Crippen LogP contribution is -2.49. The monoisotopic (exact) mass is 379 g/mol. The highest BCUT2D eigenvalue weighted by atomic mass is 35.5. The first-order chi connectivity index (χ1) is 11.8. The van der Waals surface area contributed by atoms with E-state index in [0.717, 1.165) is 16.5 Å². The largest absolute Gasteiger partial charge is 0.350 e. The number of amides is 2. The van der Waals surface area contributed by atoms with Crippen LogP contribution in [0.5, 0.6) is 0 Å². The zero-order valence-corrected chi connectivity index (χ0v) is 16.4. The second-order valence-corrected chi connectivity index (χ2v) is 8.14. The van der Waals surface area contributed by atoms with Crippen LogP contribution in [0.4, 0.5) is 0 Å². The number of nitrogens with zero attached hydrogens (tertiary/aromatic N) is 2. The molecule has 1 aromatic carbocycles. The van der Waals surface area contributed by atoms with Gasteiger partial charge in [0.15, 0.2) is 0 Å². The number of carbonyl (C=O) groups excluding carboxylic acids is 2. The molecule has 25 heavy (non-hydrogen) atoms. The standard InChI is InChI=1S/C18H22ClN3O2S/c1-10(2)21(4)18(24)16-8-25-9-22(16)17(23)15-7-13-11(3)5-12(19)6-14(13)20-15/h5-7,10,16,20H,8-9H2,1-4H3. The van der Waals surface area contributed by atoms with Crippen LogP contribution in [-0.4, -0.2) is 57.4 Å². The smallest absolute Gasteiger partial charge is 0.271 e. The predicted octanol–water partition coefficient (Wildman–Crippen LogP) is 3.51. The summed E-state index contributed by atoms with van der Waals surface area (Å²) in [6, 6.07) is 5.23. The van der Waals surface area contributed by atoms with Crippen molar-refractivity contribution in [2.75, 3.05) is 18.7 Å². The van der Waals surface area contributed by atoms with Crippen molar-refractivity contribution in [3.63, 3.8) is 0 Å². The highest BCUT2D eigenvalue weighted by Gasteiger charge is 2.37. The lowest BCUT2D eigenvalue weighted by molar-refractivity contribution is -0.135. The van der Waals surface area contributed by atoms with Crippen molar-refractivity contribution in [3.8, 4) is 0 Å². The van der Waals surface area contributed by atoms with Gasteiger partial charge in [-0.25, -0.2) is 0 Å². The lowest BCUT2D eigenvalue weighted by Gasteiger charge is -2.29. The second-order valence-electron chi connectivity index (χ2n) is 6.70. The third-order valence-electron chi connectivity index (χ3n) is 4.69. The van der Waals surface area contributed by atoms with Crippen LogP contribution in [0.3, 0.4) is 0 Å². The Labute approximate surface area is 156 Å². The van der Waals surface area contributed by atoms with Crippen molar-refractivity contribution < 1.29 is 9.59 Å². The predicted molar refractivity (Wildman–Crippen MR) is 103 cm³/mol. The summed E-state index contributed by atoms with van der Waals surface area (Å²) in [6.45, 7) is 5.90. The van der Waals surface area contributed by atoms with E-state index in [1.165, 1.54) is 0 Å². The molecule has 1 aliphatic heterocycles. The van der Waals surface area contributed by atoms with Gasteiger partial charge < -0.3 is 14.8 Å². The van der Waals surface area contributed by atoms with E-state index in [-0.39, 0.29) is 17.9 Å². The van der Waals surface area contributed by atoms with Gasteiger partial charge in [0.1, 0.15) is 11.7 Å². The fourth-order valence-corrected chi connectivity index (χ4v) is 4.40. The maximum Gasteiger partial charge on any atom is 0.271 e. The van der Waals surface area contributed by atoms with Crippen molar-refractivity contribution in [2.45, 2.75) is 32.9 Å². The Bertz CT molecular complexity index is 833. The van der Waals surface area contributed by atoms with Gasteiger partial charge in [-0.2, -0.15) is 0 Å². The molecule has 0 spiro atoms. The van der Waals surface area contributed by atoms with Crippen molar-refractivity contribution in [1.82, 2.24) is 14.8 Å². The first-order valence-corrected chi connectivity index (χ1v) is 9.77. The van der Waals surface area contributed by atoms with E-state index in [2.05, 4.69) is 4.98 Å². The Morgan fingerprint density at radius 2 is 2.08 bits per heavy atom. The first-order valence-electron chi connectivity index (χ1n) is 8.24. The van der Waals surface area contributed by atoms with Crippen LogP contribution in [0.25, 0.3) is 10.9 Å². The van der Waals surface area contributed by atoms with E-state index in [4.69, 9.17) is 11.6 Å². The number of aromatic nitrogens is 1. The number of H-pyrrole nitrogens is 1. The molecule has 1 aromatic heterocycles. The molecule has 1 atom stereocenters. The highest BCUT2D eigenvalue weighted by Crippen LogP contribution is 2.28. The Hall–Kier alpha value is -1.66. The molecule has 0 saturated carbocycles. The quantitative estimate of drug-likeness (QED) is 0.887. The summed E-state index contributed by atoms with van der Waals surface area (Å²) in [5, 5.41) is 1.61. The summed E-state index contributed by atoms with van der Waals surface area (Å²) in [5.41, 5.74) is 2.34. The molecule has 1 fully saturated rings. The van der Waals surface area contributed by atoms with Gasteiger partial charge >= 0.3 is 0 Å². The van der Waals surface area contributed by atoms with Crippen molar-refractivity contribution in [3.05, 3.63) is 34.5 Å². The van der Waals surface area contributed by atoms with Gasteiger partial charge in [-0.3, -0.25) is 9.59 Å². The molecule has 0 bridgehead atoms. The van der Waals surface area contributed by atoms with Crippen molar-refractivity contribution in [1.29, 1.82) is 0 Å². The van der Waals surface area contributed by atoms with Crippen LogP contribution < -0.4 is 0 Å². The molecule has 2 aromatic rings. The molecule has 0 aliphatic carbocycles. The summed E-state index contributed by atoms with van der Waals surface area (Å²) in [6.07, 6.45) is 0. The number of hydrogen-bond acceptors (Lipinski definition) is 3. The van der Waals surface area contributed by atoms with E-state index >= 15 is 0 Å². The molecule has 0 radical (unpaired) electrons. The number of nitrogens with one attached hydrogen (secondary N) is 1. The minimum Gasteiger partial charge on any atom is -0.350 e. The number of benzene rings is 1. The van der Waals surface area contributed by atoms with Crippen LogP contribution in [0.2, 0.25) is 5.02 Å². The number of carbonyl (C=O) groups is 2. The maximum atomic E-state index is 13.0. The molecule has 1 aliphatic rings. The topological polar surface area (TPSA) is 56.4 Å². The highest BCUT2D eigenvalue weighted by molar-refractivity contribution is 7.99. The van der Waals surface area contributed by atoms with Crippen LogP contribution in [-0.2, 0) is 4.79 Å². The van der Waals surface area contributed by atoms with Crippen LogP contribution in [0.1, 0.15) is 29.9 Å². The van der Waals surface area contributed by atoms with Crippen molar-refractivity contribution in [2.24, 2.45) is 0 Å². The number of hydrogen-bond donors (Lipinski definition) is 1. The fraction of sp³-hybridized carbons (Fsp3) is 0.444. The Morgan fingerprint density at radius 1 is 1.36 bits per heavy atom. The lowest BCUT2D eigenvalue weighted by atomic mass is 10.1.